The molecule has 1 aromatic rings. The molecule has 1 unspecified atom stereocenters. The molecule has 1 atom stereocenters. The predicted octanol–water partition coefficient (Wildman–Crippen LogP) is 5.01. The van der Waals surface area contributed by atoms with Crippen LogP contribution in [0, 0.1) is 11.8 Å². The van der Waals surface area contributed by atoms with Gasteiger partial charge in [-0.1, -0.05) is 56.4 Å². The van der Waals surface area contributed by atoms with Crippen LogP contribution in [0.4, 0.5) is 0 Å². The van der Waals surface area contributed by atoms with Crippen LogP contribution >= 0.6 is 0 Å². The lowest BCUT2D eigenvalue weighted by Gasteiger charge is -2.34. The lowest BCUT2D eigenvalue weighted by molar-refractivity contribution is -0.239. The first-order chi connectivity index (χ1) is 19.8. The number of hydrogen-bond donors (Lipinski definition) is 1. The molecule has 1 amide bonds. The largest absolute Gasteiger partial charge is 0.456 e. The third kappa shape index (κ3) is 7.39. The average molecular weight is 567 g/mol. The van der Waals surface area contributed by atoms with Crippen molar-refractivity contribution >= 4 is 11.9 Å². The summed E-state index contributed by atoms with van der Waals surface area (Å²) in [5, 5.41) is 2.80. The highest BCUT2D eigenvalue weighted by molar-refractivity contribution is 5.97. The molecule has 1 aromatic heterocycles. The summed E-state index contributed by atoms with van der Waals surface area (Å²) in [6, 6.07) is 1.79. The molecule has 8 nitrogen and oxygen atoms in total. The van der Waals surface area contributed by atoms with Gasteiger partial charge in [-0.05, 0) is 76.3 Å². The maximum atomic E-state index is 13.8. The van der Waals surface area contributed by atoms with E-state index in [1.165, 1.54) is 25.7 Å². The molecule has 4 aliphatic rings. The number of esters is 1. The van der Waals surface area contributed by atoms with E-state index in [-0.39, 0.29) is 36.5 Å². The molecule has 2 heterocycles. The van der Waals surface area contributed by atoms with E-state index in [1.807, 2.05) is 16.7 Å². The number of nitrogens with zero attached hydrogens (tertiary/aromatic N) is 1. The number of ether oxygens (including phenoxy) is 3. The van der Waals surface area contributed by atoms with Crippen LogP contribution in [0.5, 0.6) is 0 Å². The zero-order valence-corrected chi connectivity index (χ0v) is 24.7. The zero-order chi connectivity index (χ0) is 28.8. The normalized spacial score (nSPS) is 25.6. The predicted molar refractivity (Wildman–Crippen MR) is 157 cm³/mol. The summed E-state index contributed by atoms with van der Waals surface area (Å²) in [5.41, 5.74) is 0.729. The van der Waals surface area contributed by atoms with Gasteiger partial charge in [-0.3, -0.25) is 9.59 Å². The van der Waals surface area contributed by atoms with Gasteiger partial charge in [-0.2, -0.15) is 0 Å². The van der Waals surface area contributed by atoms with Crippen molar-refractivity contribution in [2.45, 2.75) is 115 Å². The Bertz CT molecular complexity index is 1200. The number of pyridine rings is 1. The standard InChI is InChI=1S/C33H46N2O6/c1-33(2,32(38)41-26-21-39-31(40-22-26)24-15-10-6-11-16-24)34-29(36)27-19-25-17-9-3-4-12-18-28(25)35(30(27)37)20-23-13-7-5-8-14-23/h6,10-11,15,19,23-24,26,31H,3-5,7-9,12-14,16-18,20-22H2,1-2H3,(H,34,36). The van der Waals surface area contributed by atoms with Gasteiger partial charge in [-0.15, -0.1) is 0 Å². The second-order valence-electron chi connectivity index (χ2n) is 12.7. The monoisotopic (exact) mass is 566 g/mol. The first kappa shape index (κ1) is 29.8. The van der Waals surface area contributed by atoms with E-state index in [1.54, 1.807) is 19.9 Å². The van der Waals surface area contributed by atoms with Gasteiger partial charge in [0.25, 0.3) is 11.5 Å². The Morgan fingerprint density at radius 3 is 2.41 bits per heavy atom. The van der Waals surface area contributed by atoms with Crippen LogP contribution in [0.3, 0.4) is 0 Å². The molecule has 3 aliphatic carbocycles. The van der Waals surface area contributed by atoms with Crippen molar-refractivity contribution in [3.05, 3.63) is 57.5 Å². The number of allylic oxidation sites excluding steroid dienone is 3. The topological polar surface area (TPSA) is 95.9 Å². The van der Waals surface area contributed by atoms with E-state index in [2.05, 4.69) is 17.5 Å². The van der Waals surface area contributed by atoms with E-state index in [0.717, 1.165) is 62.6 Å². The lowest BCUT2D eigenvalue weighted by Crippen LogP contribution is -2.54. The number of carbonyl (C=O) groups is 2. The smallest absolute Gasteiger partial charge is 0.331 e. The summed E-state index contributed by atoms with van der Waals surface area (Å²) in [6.45, 7) is 4.33. The highest BCUT2D eigenvalue weighted by atomic mass is 16.7. The van der Waals surface area contributed by atoms with Crippen molar-refractivity contribution in [3.63, 3.8) is 0 Å². The summed E-state index contributed by atoms with van der Waals surface area (Å²) in [6.07, 6.45) is 20.1. The SMILES string of the molecule is CC(C)(NC(=O)c1cc2c(n(CC3CCCCC3)c1=O)CCCCCC2)C(=O)OC1COC(C2C=CC=CC2)OC1. The van der Waals surface area contributed by atoms with Crippen molar-refractivity contribution in [1.82, 2.24) is 9.88 Å². The lowest BCUT2D eigenvalue weighted by atomic mass is 9.88. The first-order valence-corrected chi connectivity index (χ1v) is 15.7. The third-order valence-corrected chi connectivity index (χ3v) is 8.98. The minimum Gasteiger partial charge on any atom is -0.456 e. The molecule has 0 spiro atoms. The average Bonchev–Trinajstić information content (AvgIpc) is 2.96. The van der Waals surface area contributed by atoms with Gasteiger partial charge in [0.2, 0.25) is 0 Å². The molecule has 2 fully saturated rings. The highest BCUT2D eigenvalue weighted by Gasteiger charge is 2.37. The van der Waals surface area contributed by atoms with Crippen LogP contribution in [0.2, 0.25) is 0 Å². The molecule has 8 heteroatoms. The Balaban J connectivity index is 1.27. The van der Waals surface area contributed by atoms with Gasteiger partial charge in [0.1, 0.15) is 17.2 Å². The van der Waals surface area contributed by atoms with Gasteiger partial charge in [0, 0.05) is 18.2 Å². The molecule has 1 N–H and O–H groups in total. The number of hydrogen-bond acceptors (Lipinski definition) is 6. The van der Waals surface area contributed by atoms with Crippen molar-refractivity contribution in [3.8, 4) is 0 Å². The van der Waals surface area contributed by atoms with Crippen LogP contribution < -0.4 is 10.9 Å². The van der Waals surface area contributed by atoms with Crippen LogP contribution in [0.1, 0.15) is 99.7 Å². The fourth-order valence-electron chi connectivity index (χ4n) is 6.54. The Kier molecular flexibility index (Phi) is 9.81. The molecule has 1 saturated heterocycles. The first-order valence-electron chi connectivity index (χ1n) is 15.7. The molecule has 1 aliphatic heterocycles. The van der Waals surface area contributed by atoms with Crippen molar-refractivity contribution < 1.29 is 23.8 Å². The van der Waals surface area contributed by atoms with E-state index in [4.69, 9.17) is 14.2 Å². The number of fused-ring (bicyclic) bond motifs is 1. The third-order valence-electron chi connectivity index (χ3n) is 8.98. The van der Waals surface area contributed by atoms with E-state index >= 15 is 0 Å². The van der Waals surface area contributed by atoms with Crippen molar-refractivity contribution in [2.24, 2.45) is 11.8 Å². The number of rotatable bonds is 7. The molecule has 0 aromatic carbocycles. The van der Waals surface area contributed by atoms with Gasteiger partial charge in [-0.25, -0.2) is 4.79 Å². The van der Waals surface area contributed by atoms with Crippen LogP contribution in [-0.4, -0.2) is 47.6 Å². The summed E-state index contributed by atoms with van der Waals surface area (Å²) in [5.74, 6) is -0.519. The number of aromatic nitrogens is 1. The quantitative estimate of drug-likeness (QED) is 0.466. The fraction of sp³-hybridized carbons (Fsp3) is 0.667. The minimum atomic E-state index is -1.34. The van der Waals surface area contributed by atoms with E-state index < -0.39 is 23.5 Å². The maximum absolute atomic E-state index is 13.8. The van der Waals surface area contributed by atoms with E-state index in [9.17, 15) is 14.4 Å². The van der Waals surface area contributed by atoms with Crippen LogP contribution in [0.15, 0.2) is 35.2 Å². The second kappa shape index (κ2) is 13.5. The molecular weight excluding hydrogens is 520 g/mol. The Morgan fingerprint density at radius 1 is 1.00 bits per heavy atom. The molecule has 0 bridgehead atoms. The molecular formula is C33H46N2O6. The van der Waals surface area contributed by atoms with Crippen LogP contribution in [-0.2, 0) is 38.4 Å². The molecule has 41 heavy (non-hydrogen) atoms. The molecule has 0 radical (unpaired) electrons. The summed E-state index contributed by atoms with van der Waals surface area (Å²) < 4.78 is 19.3. The van der Waals surface area contributed by atoms with Gasteiger partial charge in [0.05, 0.1) is 13.2 Å². The van der Waals surface area contributed by atoms with Gasteiger partial charge in [0.15, 0.2) is 6.29 Å². The molecule has 1 saturated carbocycles. The van der Waals surface area contributed by atoms with Crippen molar-refractivity contribution in [1.29, 1.82) is 0 Å². The highest BCUT2D eigenvalue weighted by Crippen LogP contribution is 2.28. The van der Waals surface area contributed by atoms with Crippen LogP contribution in [0.25, 0.3) is 0 Å². The summed E-state index contributed by atoms with van der Waals surface area (Å²) >= 11 is 0. The van der Waals surface area contributed by atoms with Gasteiger partial charge < -0.3 is 24.1 Å². The number of carbonyl (C=O) groups excluding carboxylic acids is 2. The number of amides is 1. The summed E-state index contributed by atoms with van der Waals surface area (Å²) in [7, 11) is 0. The van der Waals surface area contributed by atoms with Crippen molar-refractivity contribution in [2.75, 3.05) is 13.2 Å². The fourth-order valence-corrected chi connectivity index (χ4v) is 6.54. The van der Waals surface area contributed by atoms with Gasteiger partial charge >= 0.3 is 5.97 Å². The van der Waals surface area contributed by atoms with E-state index in [0.29, 0.717) is 12.5 Å². The molecule has 224 valence electrons. The summed E-state index contributed by atoms with van der Waals surface area (Å²) in [4.78, 5) is 40.6. The number of aryl methyl sites for hydroxylation is 1. The molecule has 5 rings (SSSR count). The number of nitrogens with one attached hydrogen (secondary N) is 1. The second-order valence-corrected chi connectivity index (χ2v) is 12.7. The Hall–Kier alpha value is -2.71. The Morgan fingerprint density at radius 2 is 1.71 bits per heavy atom. The minimum absolute atomic E-state index is 0.114. The maximum Gasteiger partial charge on any atom is 0.331 e. The zero-order valence-electron chi connectivity index (χ0n) is 24.7. The Labute approximate surface area is 243 Å².